The summed E-state index contributed by atoms with van der Waals surface area (Å²) in [5.41, 5.74) is 7.32. The van der Waals surface area contributed by atoms with E-state index in [0.29, 0.717) is 23.1 Å². The Morgan fingerprint density at radius 1 is 1.41 bits per heavy atom. The highest BCUT2D eigenvalue weighted by atomic mass is 32.2. The quantitative estimate of drug-likeness (QED) is 0.945. The van der Waals surface area contributed by atoms with Gasteiger partial charge < -0.3 is 15.1 Å². The minimum Gasteiger partial charge on any atom is -0.467 e. The number of hydrogen-bond donors (Lipinski definition) is 1. The van der Waals surface area contributed by atoms with Crippen molar-refractivity contribution >= 4 is 17.7 Å². The lowest BCUT2D eigenvalue weighted by molar-refractivity contribution is 0.0680. The Kier molecular flexibility index (Phi) is 4.55. The van der Waals surface area contributed by atoms with Crippen molar-refractivity contribution in [2.45, 2.75) is 24.8 Å². The monoisotopic (exact) mass is 316 g/mol. The van der Waals surface area contributed by atoms with Gasteiger partial charge in [-0.25, -0.2) is 0 Å². The predicted molar refractivity (Wildman–Crippen MR) is 88.7 cm³/mol. The Labute approximate surface area is 134 Å². The molecule has 22 heavy (non-hydrogen) atoms. The molecule has 1 saturated heterocycles. The first-order chi connectivity index (χ1) is 10.7. The van der Waals surface area contributed by atoms with Gasteiger partial charge in [0.15, 0.2) is 0 Å². The molecule has 0 radical (unpaired) electrons. The first-order valence-corrected chi connectivity index (χ1v) is 8.50. The summed E-state index contributed by atoms with van der Waals surface area (Å²) in [7, 11) is 0. The smallest absolute Gasteiger partial charge is 0.257 e. The van der Waals surface area contributed by atoms with Crippen LogP contribution in [0.2, 0.25) is 0 Å². The van der Waals surface area contributed by atoms with Crippen molar-refractivity contribution in [3.05, 3.63) is 59.5 Å². The number of carbonyl (C=O) groups excluding carboxylic acids is 1. The summed E-state index contributed by atoms with van der Waals surface area (Å²) >= 11 is 1.91. The van der Waals surface area contributed by atoms with E-state index in [-0.39, 0.29) is 11.9 Å². The first kappa shape index (κ1) is 15.2. The van der Waals surface area contributed by atoms with Gasteiger partial charge in [0.25, 0.3) is 5.91 Å². The van der Waals surface area contributed by atoms with Crippen LogP contribution in [0.1, 0.15) is 34.6 Å². The molecule has 0 bridgehead atoms. The minimum absolute atomic E-state index is 0.0180. The second-order valence-electron chi connectivity index (χ2n) is 5.44. The van der Waals surface area contributed by atoms with Gasteiger partial charge in [0.2, 0.25) is 0 Å². The molecule has 0 aliphatic carbocycles. The van der Waals surface area contributed by atoms with E-state index < -0.39 is 0 Å². The molecule has 4 nitrogen and oxygen atoms in total. The lowest BCUT2D eigenvalue weighted by atomic mass is 10.0. The van der Waals surface area contributed by atoms with Crippen LogP contribution in [0.3, 0.4) is 0 Å². The third-order valence-electron chi connectivity index (χ3n) is 4.00. The van der Waals surface area contributed by atoms with E-state index in [0.717, 1.165) is 12.3 Å². The largest absolute Gasteiger partial charge is 0.467 e. The van der Waals surface area contributed by atoms with Crippen LogP contribution in [-0.4, -0.2) is 28.4 Å². The summed E-state index contributed by atoms with van der Waals surface area (Å²) in [6, 6.07) is 12.1. The fourth-order valence-corrected chi connectivity index (χ4v) is 4.08. The fourth-order valence-electron chi connectivity index (χ4n) is 2.92. The zero-order valence-electron chi connectivity index (χ0n) is 12.6. The van der Waals surface area contributed by atoms with Crippen LogP contribution in [0, 0.1) is 0 Å². The molecule has 5 heteroatoms. The first-order valence-electron chi connectivity index (χ1n) is 7.45. The van der Waals surface area contributed by atoms with Crippen molar-refractivity contribution in [1.29, 1.82) is 0 Å². The molecule has 0 saturated carbocycles. The molecule has 0 spiro atoms. The molecule has 3 rings (SSSR count). The molecule has 1 aromatic carbocycles. The van der Waals surface area contributed by atoms with Gasteiger partial charge in [-0.15, -0.1) is 0 Å². The van der Waals surface area contributed by atoms with Crippen molar-refractivity contribution < 1.29 is 9.21 Å². The maximum atomic E-state index is 12.9. The molecule has 2 unspecified atom stereocenters. The maximum absolute atomic E-state index is 12.9. The molecule has 2 aromatic rings. The highest BCUT2D eigenvalue weighted by Gasteiger charge is 2.34. The number of thioether (sulfide) groups is 1. The zero-order valence-corrected chi connectivity index (χ0v) is 13.4. The van der Waals surface area contributed by atoms with Crippen LogP contribution in [-0.2, 0) is 6.54 Å². The second-order valence-corrected chi connectivity index (χ2v) is 6.92. The topological polar surface area (TPSA) is 59.5 Å². The number of amides is 1. The molecular weight excluding hydrogens is 296 g/mol. The summed E-state index contributed by atoms with van der Waals surface area (Å²) in [5, 5.41) is 0.362. The summed E-state index contributed by atoms with van der Waals surface area (Å²) < 4.78 is 5.32. The van der Waals surface area contributed by atoms with Gasteiger partial charge in [-0.1, -0.05) is 37.3 Å². The average molecular weight is 316 g/mol. The Bertz CT molecular complexity index is 641. The molecular formula is C17H20N2O2S. The number of carbonyl (C=O) groups is 1. The van der Waals surface area contributed by atoms with E-state index in [1.807, 2.05) is 34.9 Å². The highest BCUT2D eigenvalue weighted by Crippen LogP contribution is 2.36. The normalized spacial score (nSPS) is 21.8. The number of benzene rings is 1. The maximum Gasteiger partial charge on any atom is 0.257 e. The number of furan rings is 1. The third kappa shape index (κ3) is 2.91. The number of hydrogen-bond acceptors (Lipinski definition) is 4. The summed E-state index contributed by atoms with van der Waals surface area (Å²) in [5.74, 6) is 1.61. The van der Waals surface area contributed by atoms with E-state index in [1.165, 1.54) is 11.8 Å². The van der Waals surface area contributed by atoms with Crippen molar-refractivity contribution in [2.24, 2.45) is 5.73 Å². The lowest BCUT2D eigenvalue weighted by Crippen LogP contribution is -2.43. The highest BCUT2D eigenvalue weighted by molar-refractivity contribution is 8.00. The third-order valence-corrected chi connectivity index (χ3v) is 5.20. The molecule has 116 valence electrons. The molecule has 1 aliphatic heterocycles. The number of rotatable bonds is 3. The lowest BCUT2D eigenvalue weighted by Gasteiger charge is -2.39. The van der Waals surface area contributed by atoms with Gasteiger partial charge in [0.05, 0.1) is 18.2 Å². The number of nitrogens with two attached hydrogens (primary N) is 1. The van der Waals surface area contributed by atoms with E-state index in [9.17, 15) is 4.79 Å². The SMILES string of the molecule is CC1SCCN(C(=O)c2coc(CN)c2)C1c1ccccc1. The summed E-state index contributed by atoms with van der Waals surface area (Å²) in [6.45, 7) is 3.24. The van der Waals surface area contributed by atoms with Crippen molar-refractivity contribution in [2.75, 3.05) is 12.3 Å². The zero-order chi connectivity index (χ0) is 15.5. The molecule has 1 amide bonds. The Morgan fingerprint density at radius 2 is 2.18 bits per heavy atom. The van der Waals surface area contributed by atoms with Crippen molar-refractivity contribution in [3.63, 3.8) is 0 Å². The Morgan fingerprint density at radius 3 is 2.86 bits per heavy atom. The van der Waals surface area contributed by atoms with Crippen molar-refractivity contribution in [3.8, 4) is 0 Å². The van der Waals surface area contributed by atoms with E-state index in [4.69, 9.17) is 10.2 Å². The van der Waals surface area contributed by atoms with Gasteiger partial charge in [0.1, 0.15) is 12.0 Å². The fraction of sp³-hybridized carbons (Fsp3) is 0.353. The van der Waals surface area contributed by atoms with E-state index in [2.05, 4.69) is 19.1 Å². The average Bonchev–Trinajstić information content (AvgIpc) is 3.04. The Hall–Kier alpha value is -1.72. The number of nitrogens with zero attached hydrogens (tertiary/aromatic N) is 1. The second kappa shape index (κ2) is 6.58. The Balaban J connectivity index is 1.90. The standard InChI is InChI=1S/C17H20N2O2S/c1-12-16(13-5-3-2-4-6-13)19(7-8-22-12)17(20)14-9-15(10-18)21-11-14/h2-6,9,11-12,16H,7-8,10,18H2,1H3. The molecule has 2 heterocycles. The van der Waals surface area contributed by atoms with E-state index >= 15 is 0 Å². The van der Waals surface area contributed by atoms with E-state index in [1.54, 1.807) is 6.07 Å². The molecule has 1 fully saturated rings. The van der Waals surface area contributed by atoms with Crippen LogP contribution in [0.25, 0.3) is 0 Å². The van der Waals surface area contributed by atoms with Crippen LogP contribution in [0.15, 0.2) is 47.1 Å². The van der Waals surface area contributed by atoms with Crippen LogP contribution in [0.4, 0.5) is 0 Å². The van der Waals surface area contributed by atoms with Crippen LogP contribution >= 0.6 is 11.8 Å². The summed E-state index contributed by atoms with van der Waals surface area (Å²) in [4.78, 5) is 14.8. The van der Waals surface area contributed by atoms with Gasteiger partial charge in [-0.3, -0.25) is 4.79 Å². The van der Waals surface area contributed by atoms with Gasteiger partial charge >= 0.3 is 0 Å². The van der Waals surface area contributed by atoms with Crippen LogP contribution in [0.5, 0.6) is 0 Å². The van der Waals surface area contributed by atoms with Gasteiger partial charge in [0, 0.05) is 17.5 Å². The van der Waals surface area contributed by atoms with Gasteiger partial charge in [-0.2, -0.15) is 11.8 Å². The summed E-state index contributed by atoms with van der Waals surface area (Å²) in [6.07, 6.45) is 1.51. The molecule has 2 atom stereocenters. The molecule has 1 aromatic heterocycles. The minimum atomic E-state index is 0.0180. The molecule has 1 aliphatic rings. The predicted octanol–water partition coefficient (Wildman–Crippen LogP) is 3.06. The van der Waals surface area contributed by atoms with Crippen molar-refractivity contribution in [1.82, 2.24) is 4.90 Å². The van der Waals surface area contributed by atoms with Gasteiger partial charge in [-0.05, 0) is 11.6 Å². The molecule has 2 N–H and O–H groups in total. The van der Waals surface area contributed by atoms with Crippen LogP contribution < -0.4 is 5.73 Å².